The second kappa shape index (κ2) is 5.55. The quantitative estimate of drug-likeness (QED) is 0.559. The maximum Gasteiger partial charge on any atom is 0.316 e. The van der Waals surface area contributed by atoms with Crippen molar-refractivity contribution in [2.45, 2.75) is 40.2 Å². The minimum atomic E-state index is -1.11. The average molecular weight is 225 g/mol. The van der Waals surface area contributed by atoms with Gasteiger partial charge < -0.3 is 10.4 Å². The predicted molar refractivity (Wildman–Crippen MR) is 61.6 cm³/mol. The highest BCUT2D eigenvalue weighted by Gasteiger charge is 2.37. The fourth-order valence-corrected chi connectivity index (χ4v) is 1.43. The van der Waals surface area contributed by atoms with Crippen molar-refractivity contribution in [3.8, 4) is 12.3 Å². The largest absolute Gasteiger partial charge is 0.481 e. The normalized spacial score (nSPS) is 14.7. The lowest BCUT2D eigenvalue weighted by Gasteiger charge is -2.27. The van der Waals surface area contributed by atoms with Crippen LogP contribution in [0.1, 0.15) is 34.1 Å². The topological polar surface area (TPSA) is 66.4 Å². The first-order chi connectivity index (χ1) is 7.20. The van der Waals surface area contributed by atoms with Crippen LogP contribution in [0.5, 0.6) is 0 Å². The molecule has 0 aromatic rings. The molecule has 0 rings (SSSR count). The molecule has 0 heterocycles. The van der Waals surface area contributed by atoms with Crippen molar-refractivity contribution in [3.63, 3.8) is 0 Å². The maximum absolute atomic E-state index is 11.8. The third-order valence-corrected chi connectivity index (χ3v) is 2.19. The second-order valence-electron chi connectivity index (χ2n) is 4.96. The van der Waals surface area contributed by atoms with Gasteiger partial charge in [0, 0.05) is 12.5 Å². The number of rotatable bonds is 4. The number of carboxylic acids is 1. The van der Waals surface area contributed by atoms with Gasteiger partial charge in [-0.2, -0.15) is 0 Å². The highest BCUT2D eigenvalue weighted by molar-refractivity contribution is 5.97. The van der Waals surface area contributed by atoms with Gasteiger partial charge in [0.05, 0.1) is 0 Å². The van der Waals surface area contributed by atoms with Crippen molar-refractivity contribution in [1.29, 1.82) is 0 Å². The van der Waals surface area contributed by atoms with E-state index in [2.05, 4.69) is 11.2 Å². The number of carbonyl (C=O) groups excluding carboxylic acids is 1. The van der Waals surface area contributed by atoms with Crippen LogP contribution in [0.25, 0.3) is 0 Å². The average Bonchev–Trinajstić information content (AvgIpc) is 1.99. The molecule has 4 nitrogen and oxygen atoms in total. The summed E-state index contributed by atoms with van der Waals surface area (Å²) in [6.45, 7) is 6.91. The number of aliphatic carboxylic acids is 1. The zero-order valence-corrected chi connectivity index (χ0v) is 10.2. The molecule has 0 aromatic heterocycles. The predicted octanol–water partition coefficient (Wildman–Crippen LogP) is 1.26. The van der Waals surface area contributed by atoms with Gasteiger partial charge in [0.25, 0.3) is 0 Å². The van der Waals surface area contributed by atoms with Crippen molar-refractivity contribution in [3.05, 3.63) is 0 Å². The number of carbonyl (C=O) groups is 2. The number of carboxylic acid groups (broad SMARTS) is 1. The molecule has 2 atom stereocenters. The van der Waals surface area contributed by atoms with E-state index in [-0.39, 0.29) is 6.04 Å². The summed E-state index contributed by atoms with van der Waals surface area (Å²) in [5.41, 5.74) is -0.619. The van der Waals surface area contributed by atoms with E-state index in [0.29, 0.717) is 6.42 Å². The Morgan fingerprint density at radius 2 is 1.94 bits per heavy atom. The van der Waals surface area contributed by atoms with Gasteiger partial charge in [-0.15, -0.1) is 12.3 Å². The molecule has 16 heavy (non-hydrogen) atoms. The van der Waals surface area contributed by atoms with Crippen LogP contribution >= 0.6 is 0 Å². The molecule has 90 valence electrons. The lowest BCUT2D eigenvalue weighted by atomic mass is 9.80. The molecule has 0 aliphatic heterocycles. The van der Waals surface area contributed by atoms with Crippen LogP contribution in [0.3, 0.4) is 0 Å². The van der Waals surface area contributed by atoms with Gasteiger partial charge in [0.1, 0.15) is 5.92 Å². The van der Waals surface area contributed by atoms with Crippen molar-refractivity contribution in [2.75, 3.05) is 0 Å². The van der Waals surface area contributed by atoms with E-state index in [9.17, 15) is 9.59 Å². The first-order valence-electron chi connectivity index (χ1n) is 5.16. The fraction of sp³-hybridized carbons (Fsp3) is 0.667. The summed E-state index contributed by atoms with van der Waals surface area (Å²) in [6.07, 6.45) is 5.50. The van der Waals surface area contributed by atoms with E-state index in [1.165, 1.54) is 0 Å². The molecule has 0 bridgehead atoms. The van der Waals surface area contributed by atoms with Crippen molar-refractivity contribution < 1.29 is 14.7 Å². The van der Waals surface area contributed by atoms with Crippen LogP contribution in [-0.2, 0) is 9.59 Å². The molecule has 2 N–H and O–H groups in total. The zero-order chi connectivity index (χ0) is 12.9. The van der Waals surface area contributed by atoms with Crippen molar-refractivity contribution in [1.82, 2.24) is 5.32 Å². The Hall–Kier alpha value is -1.50. The number of terminal acetylenes is 1. The standard InChI is InChI=1S/C12H19NO3/c1-6-7-8(2)13-10(14)9(11(15)16)12(3,4)5/h1,8-9H,7H2,2-5H3,(H,13,14)(H,15,16). The summed E-state index contributed by atoms with van der Waals surface area (Å²) >= 11 is 0. The Balaban J connectivity index is 4.67. The van der Waals surface area contributed by atoms with Gasteiger partial charge in [-0.1, -0.05) is 20.8 Å². The third-order valence-electron chi connectivity index (χ3n) is 2.19. The Bertz CT molecular complexity index is 309. The lowest BCUT2D eigenvalue weighted by Crippen LogP contribution is -2.45. The van der Waals surface area contributed by atoms with E-state index in [1.54, 1.807) is 27.7 Å². The molecule has 0 aromatic carbocycles. The molecule has 0 spiro atoms. The summed E-state index contributed by atoms with van der Waals surface area (Å²) in [7, 11) is 0. The highest BCUT2D eigenvalue weighted by Crippen LogP contribution is 2.26. The Morgan fingerprint density at radius 3 is 2.25 bits per heavy atom. The van der Waals surface area contributed by atoms with Gasteiger partial charge in [-0.05, 0) is 12.3 Å². The van der Waals surface area contributed by atoms with Crippen molar-refractivity contribution in [2.24, 2.45) is 11.3 Å². The summed E-state index contributed by atoms with van der Waals surface area (Å²) < 4.78 is 0. The summed E-state index contributed by atoms with van der Waals surface area (Å²) in [5.74, 6) is -0.241. The van der Waals surface area contributed by atoms with Crippen molar-refractivity contribution >= 4 is 11.9 Å². The molecular formula is C12H19NO3. The number of amides is 1. The zero-order valence-electron chi connectivity index (χ0n) is 10.2. The minimum Gasteiger partial charge on any atom is -0.481 e. The van der Waals surface area contributed by atoms with Gasteiger partial charge >= 0.3 is 5.97 Å². The Morgan fingerprint density at radius 1 is 1.44 bits per heavy atom. The molecule has 1 amide bonds. The van der Waals surface area contributed by atoms with Crippen LogP contribution in [-0.4, -0.2) is 23.0 Å². The minimum absolute atomic E-state index is 0.207. The summed E-state index contributed by atoms with van der Waals surface area (Å²) in [6, 6.07) is -0.207. The summed E-state index contributed by atoms with van der Waals surface area (Å²) in [4.78, 5) is 22.8. The molecule has 0 aliphatic rings. The molecular weight excluding hydrogens is 206 g/mol. The first kappa shape index (κ1) is 14.5. The van der Waals surface area contributed by atoms with Crippen LogP contribution in [0, 0.1) is 23.7 Å². The van der Waals surface area contributed by atoms with Gasteiger partial charge in [-0.3, -0.25) is 9.59 Å². The first-order valence-corrected chi connectivity index (χ1v) is 5.16. The van der Waals surface area contributed by atoms with Gasteiger partial charge in [0.15, 0.2) is 0 Å². The molecule has 0 saturated heterocycles. The maximum atomic E-state index is 11.8. The summed E-state index contributed by atoms with van der Waals surface area (Å²) in [5, 5.41) is 11.6. The fourth-order valence-electron chi connectivity index (χ4n) is 1.43. The molecule has 0 fully saturated rings. The number of nitrogens with one attached hydrogen (secondary N) is 1. The van der Waals surface area contributed by atoms with Crippen LogP contribution in [0.4, 0.5) is 0 Å². The van der Waals surface area contributed by atoms with Gasteiger partial charge in [0.2, 0.25) is 5.91 Å². The van der Waals surface area contributed by atoms with Crippen LogP contribution < -0.4 is 5.32 Å². The van der Waals surface area contributed by atoms with E-state index in [4.69, 9.17) is 11.5 Å². The molecule has 2 unspecified atom stereocenters. The van der Waals surface area contributed by atoms with Crippen LogP contribution in [0.2, 0.25) is 0 Å². The monoisotopic (exact) mass is 225 g/mol. The molecule has 0 radical (unpaired) electrons. The SMILES string of the molecule is C#CCC(C)NC(=O)C(C(=O)O)C(C)(C)C. The van der Waals surface area contributed by atoms with E-state index < -0.39 is 23.2 Å². The Labute approximate surface area is 96.4 Å². The molecule has 0 aliphatic carbocycles. The number of hydrogen-bond donors (Lipinski definition) is 2. The number of hydrogen-bond acceptors (Lipinski definition) is 2. The van der Waals surface area contributed by atoms with E-state index in [1.807, 2.05) is 0 Å². The van der Waals surface area contributed by atoms with E-state index >= 15 is 0 Å². The molecule has 0 saturated carbocycles. The third kappa shape index (κ3) is 4.35. The van der Waals surface area contributed by atoms with Crippen LogP contribution in [0.15, 0.2) is 0 Å². The Kier molecular flexibility index (Phi) is 5.03. The van der Waals surface area contributed by atoms with E-state index in [0.717, 1.165) is 0 Å². The lowest BCUT2D eigenvalue weighted by molar-refractivity contribution is -0.151. The smallest absolute Gasteiger partial charge is 0.316 e. The van der Waals surface area contributed by atoms with Gasteiger partial charge in [-0.25, -0.2) is 0 Å². The second-order valence-corrected chi connectivity index (χ2v) is 4.96. The highest BCUT2D eigenvalue weighted by atomic mass is 16.4. The molecule has 4 heteroatoms.